The zero-order valence-corrected chi connectivity index (χ0v) is 14.7. The summed E-state index contributed by atoms with van der Waals surface area (Å²) in [5.41, 5.74) is 4.83. The third kappa shape index (κ3) is 3.53. The minimum absolute atomic E-state index is 0.0215. The van der Waals surface area contributed by atoms with Gasteiger partial charge in [0, 0.05) is 12.6 Å². The van der Waals surface area contributed by atoms with Crippen molar-refractivity contribution >= 4 is 33.9 Å². The first-order valence-electron chi connectivity index (χ1n) is 7.33. The second-order valence-corrected chi connectivity index (χ2v) is 5.92. The molecule has 2 aromatic rings. The van der Waals surface area contributed by atoms with Crippen molar-refractivity contribution in [1.82, 2.24) is 4.90 Å². The van der Waals surface area contributed by atoms with Gasteiger partial charge in [-0.05, 0) is 29.8 Å². The summed E-state index contributed by atoms with van der Waals surface area (Å²) in [7, 11) is 2.76. The van der Waals surface area contributed by atoms with E-state index in [4.69, 9.17) is 22.7 Å². The molecule has 0 saturated heterocycles. The van der Waals surface area contributed by atoms with Crippen molar-refractivity contribution in [2.45, 2.75) is 19.1 Å². The molecule has 0 spiro atoms. The number of methoxy groups -OCH3 is 1. The Hall–Kier alpha value is -2.35. The lowest BCUT2D eigenvalue weighted by Crippen LogP contribution is -2.43. The SMILES string of the molecule is COc1ccc2c(C(=S)N(C)C(C)C(N)=O)cccc2c1C(F)(F)F. The van der Waals surface area contributed by atoms with Crippen LogP contribution in [-0.2, 0) is 11.0 Å². The zero-order valence-electron chi connectivity index (χ0n) is 13.8. The molecule has 1 amide bonds. The van der Waals surface area contributed by atoms with E-state index >= 15 is 0 Å². The van der Waals surface area contributed by atoms with Crippen LogP contribution in [0, 0.1) is 0 Å². The number of carbonyl (C=O) groups excluding carboxylic acids is 1. The van der Waals surface area contributed by atoms with Gasteiger partial charge in [0.25, 0.3) is 0 Å². The van der Waals surface area contributed by atoms with Crippen molar-refractivity contribution in [3.8, 4) is 5.75 Å². The standard InChI is InChI=1S/C17H17F3N2O2S/c1-9(15(21)23)22(2)16(25)12-6-4-5-11-10(12)7-8-13(24-3)14(11)17(18,19)20/h4-9H,1-3H3,(H2,21,23). The molecule has 134 valence electrons. The number of nitrogens with zero attached hydrogens (tertiary/aromatic N) is 1. The van der Waals surface area contributed by atoms with Crippen molar-refractivity contribution in [2.24, 2.45) is 5.73 Å². The lowest BCUT2D eigenvalue weighted by molar-refractivity contribution is -0.137. The maximum Gasteiger partial charge on any atom is 0.420 e. The van der Waals surface area contributed by atoms with Crippen molar-refractivity contribution in [2.75, 3.05) is 14.2 Å². The van der Waals surface area contributed by atoms with Crippen LogP contribution in [0.4, 0.5) is 13.2 Å². The number of hydrogen-bond acceptors (Lipinski definition) is 3. The molecule has 8 heteroatoms. The van der Waals surface area contributed by atoms with E-state index in [1.165, 1.54) is 36.3 Å². The van der Waals surface area contributed by atoms with Crippen LogP contribution < -0.4 is 10.5 Å². The summed E-state index contributed by atoms with van der Waals surface area (Å²) >= 11 is 5.37. The molecule has 0 fully saturated rings. The van der Waals surface area contributed by atoms with Gasteiger partial charge in [0.2, 0.25) is 5.91 Å². The molecule has 0 aliphatic carbocycles. The van der Waals surface area contributed by atoms with E-state index in [0.717, 1.165) is 0 Å². The fourth-order valence-electron chi connectivity index (χ4n) is 2.54. The molecule has 1 unspecified atom stereocenters. The largest absolute Gasteiger partial charge is 0.496 e. The van der Waals surface area contributed by atoms with Crippen molar-refractivity contribution in [3.05, 3.63) is 41.5 Å². The number of likely N-dealkylation sites (N-methyl/N-ethyl adjacent to an activating group) is 1. The Balaban J connectivity index is 2.69. The Kier molecular flexibility index (Phi) is 5.22. The summed E-state index contributed by atoms with van der Waals surface area (Å²) in [6, 6.07) is 6.55. The number of hydrogen-bond donors (Lipinski definition) is 1. The van der Waals surface area contributed by atoms with E-state index in [1.54, 1.807) is 20.0 Å². The van der Waals surface area contributed by atoms with E-state index in [0.29, 0.717) is 10.9 Å². The average Bonchev–Trinajstić information content (AvgIpc) is 2.56. The summed E-state index contributed by atoms with van der Waals surface area (Å²) in [6.07, 6.45) is -4.59. The average molecular weight is 370 g/mol. The molecule has 0 bridgehead atoms. The van der Waals surface area contributed by atoms with Crippen LogP contribution in [0.5, 0.6) is 5.75 Å². The van der Waals surface area contributed by atoms with Gasteiger partial charge in [-0.3, -0.25) is 4.79 Å². The first kappa shape index (κ1) is 19.0. The van der Waals surface area contributed by atoms with E-state index in [-0.39, 0.29) is 16.1 Å². The van der Waals surface area contributed by atoms with E-state index in [9.17, 15) is 18.0 Å². The summed E-state index contributed by atoms with van der Waals surface area (Å²) in [4.78, 5) is 13.1. The second kappa shape index (κ2) is 6.87. The van der Waals surface area contributed by atoms with Gasteiger partial charge in [0.05, 0.1) is 7.11 Å². The minimum Gasteiger partial charge on any atom is -0.496 e. The summed E-state index contributed by atoms with van der Waals surface area (Å²) < 4.78 is 45.4. The molecule has 4 nitrogen and oxygen atoms in total. The van der Waals surface area contributed by atoms with Crippen LogP contribution in [0.15, 0.2) is 30.3 Å². The van der Waals surface area contributed by atoms with Crippen molar-refractivity contribution in [3.63, 3.8) is 0 Å². The fourth-order valence-corrected chi connectivity index (χ4v) is 2.88. The minimum atomic E-state index is -4.59. The number of fused-ring (bicyclic) bond motifs is 1. The highest BCUT2D eigenvalue weighted by atomic mass is 32.1. The Labute approximate surface area is 148 Å². The van der Waals surface area contributed by atoms with Crippen LogP contribution in [0.3, 0.4) is 0 Å². The van der Waals surface area contributed by atoms with E-state index in [1.807, 2.05) is 0 Å². The summed E-state index contributed by atoms with van der Waals surface area (Å²) in [5, 5.41) is 0.302. The number of carbonyl (C=O) groups is 1. The molecule has 0 radical (unpaired) electrons. The Morgan fingerprint density at radius 2 is 1.88 bits per heavy atom. The number of nitrogens with two attached hydrogens (primary N) is 1. The maximum atomic E-state index is 13.5. The number of halogens is 3. The number of benzene rings is 2. The lowest BCUT2D eigenvalue weighted by atomic mass is 9.98. The van der Waals surface area contributed by atoms with Crippen molar-refractivity contribution < 1.29 is 22.7 Å². The van der Waals surface area contributed by atoms with Gasteiger partial charge >= 0.3 is 6.18 Å². The van der Waals surface area contributed by atoms with E-state index in [2.05, 4.69) is 0 Å². The normalized spacial score (nSPS) is 12.7. The predicted octanol–water partition coefficient (Wildman–Crippen LogP) is 3.35. The molecule has 25 heavy (non-hydrogen) atoms. The van der Waals surface area contributed by atoms with E-state index < -0.39 is 23.7 Å². The van der Waals surface area contributed by atoms with Crippen LogP contribution in [0.2, 0.25) is 0 Å². The molecular formula is C17H17F3N2O2S. The predicted molar refractivity (Wildman–Crippen MR) is 93.6 cm³/mol. The molecule has 0 saturated carbocycles. The smallest absolute Gasteiger partial charge is 0.420 e. The van der Waals surface area contributed by atoms with Gasteiger partial charge < -0.3 is 15.4 Å². The van der Waals surface area contributed by atoms with Gasteiger partial charge in [0.15, 0.2) is 0 Å². The number of rotatable bonds is 4. The zero-order chi connectivity index (χ0) is 18.9. The topological polar surface area (TPSA) is 55.6 Å². The van der Waals surface area contributed by atoms with Gasteiger partial charge in [-0.25, -0.2) is 0 Å². The molecule has 0 aromatic heterocycles. The molecule has 2 N–H and O–H groups in total. The molecule has 2 aromatic carbocycles. The van der Waals surface area contributed by atoms with Gasteiger partial charge in [-0.1, -0.05) is 30.4 Å². The van der Waals surface area contributed by atoms with Gasteiger partial charge in [-0.2, -0.15) is 13.2 Å². The Bertz CT molecular complexity index is 836. The summed E-state index contributed by atoms with van der Waals surface area (Å²) in [6.45, 7) is 1.57. The number of ether oxygens (including phenoxy) is 1. The van der Waals surface area contributed by atoms with Crippen LogP contribution in [0.25, 0.3) is 10.8 Å². The van der Waals surface area contributed by atoms with Crippen LogP contribution in [-0.4, -0.2) is 36.0 Å². The third-order valence-corrected chi connectivity index (χ3v) is 4.58. The van der Waals surface area contributed by atoms with Gasteiger partial charge in [0.1, 0.15) is 22.3 Å². The second-order valence-electron chi connectivity index (χ2n) is 5.54. The molecule has 1 atom stereocenters. The number of amides is 1. The summed E-state index contributed by atoms with van der Waals surface area (Å²) in [5.74, 6) is -0.843. The quantitative estimate of drug-likeness (QED) is 0.839. The number of alkyl halides is 3. The number of primary amides is 1. The molecule has 0 aliphatic rings. The van der Waals surface area contributed by atoms with Gasteiger partial charge in [-0.15, -0.1) is 0 Å². The third-order valence-electron chi connectivity index (χ3n) is 4.07. The highest BCUT2D eigenvalue weighted by Crippen LogP contribution is 2.42. The Morgan fingerprint density at radius 3 is 2.40 bits per heavy atom. The molecule has 0 heterocycles. The highest BCUT2D eigenvalue weighted by molar-refractivity contribution is 7.80. The first-order valence-corrected chi connectivity index (χ1v) is 7.73. The Morgan fingerprint density at radius 1 is 1.24 bits per heavy atom. The van der Waals surface area contributed by atoms with Crippen LogP contribution in [0.1, 0.15) is 18.1 Å². The maximum absolute atomic E-state index is 13.5. The highest BCUT2D eigenvalue weighted by Gasteiger charge is 2.36. The first-order chi connectivity index (χ1) is 11.6. The molecular weight excluding hydrogens is 353 g/mol. The fraction of sp³-hybridized carbons (Fsp3) is 0.294. The van der Waals surface area contributed by atoms with Crippen molar-refractivity contribution in [1.29, 1.82) is 0 Å². The number of thiocarbonyl (C=S) groups is 1. The monoisotopic (exact) mass is 370 g/mol. The molecule has 2 rings (SSSR count). The van der Waals surface area contributed by atoms with Crippen LogP contribution >= 0.6 is 12.2 Å². The molecule has 0 aliphatic heterocycles. The lowest BCUT2D eigenvalue weighted by Gasteiger charge is -2.26.